The molecule has 2 aromatic rings. The fourth-order valence-electron chi connectivity index (χ4n) is 1.75. The third-order valence-corrected chi connectivity index (χ3v) is 3.46. The van der Waals surface area contributed by atoms with Crippen molar-refractivity contribution in [3.63, 3.8) is 0 Å². The van der Waals surface area contributed by atoms with E-state index in [4.69, 9.17) is 4.52 Å². The molecule has 0 aliphatic heterocycles. The quantitative estimate of drug-likeness (QED) is 0.833. The molecule has 0 saturated heterocycles. The zero-order chi connectivity index (χ0) is 13.2. The zero-order valence-electron chi connectivity index (χ0n) is 9.74. The molecule has 0 aromatic heterocycles. The maximum Gasteiger partial charge on any atom is 0.527 e. The van der Waals surface area contributed by atoms with E-state index in [1.165, 1.54) is 0 Å². The van der Waals surface area contributed by atoms with Crippen molar-refractivity contribution in [3.05, 3.63) is 42.0 Å². The van der Waals surface area contributed by atoms with Gasteiger partial charge < -0.3 is 9.63 Å². The predicted octanol–water partition coefficient (Wildman–Crippen LogP) is 2.46. The van der Waals surface area contributed by atoms with Crippen LogP contribution in [0, 0.1) is 0 Å². The van der Waals surface area contributed by atoms with Crippen molar-refractivity contribution < 1.29 is 23.6 Å². The predicted molar refractivity (Wildman–Crippen MR) is 67.3 cm³/mol. The van der Waals surface area contributed by atoms with E-state index in [0.717, 1.165) is 12.5 Å². The molecule has 0 saturated carbocycles. The van der Waals surface area contributed by atoms with E-state index in [0.29, 0.717) is 10.9 Å². The number of hydrogen-bond donors (Lipinski definition) is 2. The second-order valence-electron chi connectivity index (χ2n) is 3.67. The van der Waals surface area contributed by atoms with Gasteiger partial charge in [0.05, 0.1) is 6.61 Å². The van der Waals surface area contributed by atoms with Gasteiger partial charge in [0.1, 0.15) is 5.75 Å². The number of aliphatic hydroxyl groups excluding tert-OH is 1. The summed E-state index contributed by atoms with van der Waals surface area (Å²) in [4.78, 5) is 9.35. The first-order valence-electron chi connectivity index (χ1n) is 5.27. The maximum absolute atomic E-state index is 11.4. The van der Waals surface area contributed by atoms with Gasteiger partial charge in [0.2, 0.25) is 0 Å². The van der Waals surface area contributed by atoms with Crippen molar-refractivity contribution in [2.45, 2.75) is 6.61 Å². The highest BCUT2D eigenvalue weighted by atomic mass is 31.2. The Balaban J connectivity index is 2.60. The molecule has 0 heterocycles. The highest BCUT2D eigenvalue weighted by Gasteiger charge is 2.22. The van der Waals surface area contributed by atoms with E-state index >= 15 is 0 Å². The van der Waals surface area contributed by atoms with E-state index < -0.39 is 7.82 Å². The lowest BCUT2D eigenvalue weighted by atomic mass is 10.0. The summed E-state index contributed by atoms with van der Waals surface area (Å²) in [7, 11) is -3.02. The Bertz CT molecular complexity index is 605. The van der Waals surface area contributed by atoms with Crippen LogP contribution in [0.2, 0.25) is 0 Å². The molecule has 0 amide bonds. The highest BCUT2D eigenvalue weighted by Crippen LogP contribution is 2.45. The summed E-state index contributed by atoms with van der Waals surface area (Å²) < 4.78 is 20.8. The first kappa shape index (κ1) is 13.1. The topological polar surface area (TPSA) is 76.0 Å². The van der Waals surface area contributed by atoms with Crippen LogP contribution >= 0.6 is 7.82 Å². The van der Waals surface area contributed by atoms with Crippen LogP contribution in [-0.2, 0) is 15.7 Å². The number of phosphoric ester groups is 1. The molecule has 5 nitrogen and oxygen atoms in total. The van der Waals surface area contributed by atoms with Crippen molar-refractivity contribution in [3.8, 4) is 5.75 Å². The van der Waals surface area contributed by atoms with Crippen LogP contribution in [0.25, 0.3) is 10.8 Å². The number of fused-ring (bicyclic) bond motifs is 1. The fraction of sp³-hybridized carbons (Fsp3) is 0.167. The Morgan fingerprint density at radius 3 is 2.50 bits per heavy atom. The third kappa shape index (κ3) is 2.54. The average Bonchev–Trinajstić information content (AvgIpc) is 2.38. The largest absolute Gasteiger partial charge is 0.527 e. The molecule has 2 N–H and O–H groups in total. The minimum Gasteiger partial charge on any atom is -0.403 e. The monoisotopic (exact) mass is 268 g/mol. The summed E-state index contributed by atoms with van der Waals surface area (Å²) in [6.45, 7) is -0.180. The molecule has 2 aromatic carbocycles. The fourth-order valence-corrected chi connectivity index (χ4v) is 2.23. The van der Waals surface area contributed by atoms with Crippen LogP contribution in [-0.4, -0.2) is 17.1 Å². The minimum atomic E-state index is -4.11. The summed E-state index contributed by atoms with van der Waals surface area (Å²) >= 11 is 0. The van der Waals surface area contributed by atoms with Gasteiger partial charge in [0.25, 0.3) is 0 Å². The van der Waals surface area contributed by atoms with Crippen LogP contribution in [0.5, 0.6) is 5.75 Å². The molecule has 0 spiro atoms. The van der Waals surface area contributed by atoms with Crippen LogP contribution in [0.3, 0.4) is 0 Å². The van der Waals surface area contributed by atoms with Crippen molar-refractivity contribution in [2.75, 3.05) is 7.11 Å². The molecule has 96 valence electrons. The van der Waals surface area contributed by atoms with Crippen molar-refractivity contribution in [1.29, 1.82) is 0 Å². The zero-order valence-corrected chi connectivity index (χ0v) is 10.6. The molecule has 6 heteroatoms. The SMILES string of the molecule is COP(=O)(O)Oc1cccc2cccc(CO)c12. The number of phosphoric acid groups is 1. The lowest BCUT2D eigenvalue weighted by molar-refractivity contribution is 0.243. The van der Waals surface area contributed by atoms with Crippen molar-refractivity contribution in [2.24, 2.45) is 0 Å². The van der Waals surface area contributed by atoms with Gasteiger partial charge in [-0.2, -0.15) is 0 Å². The Morgan fingerprint density at radius 2 is 1.89 bits per heavy atom. The Labute approximate surface area is 104 Å². The molecule has 0 bridgehead atoms. The molecule has 1 unspecified atom stereocenters. The molecular formula is C12H13O5P. The van der Waals surface area contributed by atoms with Gasteiger partial charge in [-0.25, -0.2) is 4.57 Å². The maximum atomic E-state index is 11.4. The first-order valence-corrected chi connectivity index (χ1v) is 6.76. The number of rotatable bonds is 4. The Hall–Kier alpha value is -1.39. The standard InChI is InChI=1S/C12H13O5P/c1-16-18(14,15)17-11-7-3-5-9-4-2-6-10(8-13)12(9)11/h2-7,13H,8H2,1H3,(H,14,15). The second kappa shape index (κ2) is 5.08. The summed E-state index contributed by atoms with van der Waals surface area (Å²) in [5.41, 5.74) is 0.624. The van der Waals surface area contributed by atoms with Gasteiger partial charge in [-0.05, 0) is 17.0 Å². The van der Waals surface area contributed by atoms with Crippen molar-refractivity contribution >= 4 is 18.6 Å². The highest BCUT2D eigenvalue weighted by molar-refractivity contribution is 7.47. The van der Waals surface area contributed by atoms with E-state index in [9.17, 15) is 14.6 Å². The number of aliphatic hydroxyl groups is 1. The molecule has 2 rings (SSSR count). The molecule has 0 aliphatic carbocycles. The number of benzene rings is 2. The van der Waals surface area contributed by atoms with E-state index in [1.54, 1.807) is 24.3 Å². The Morgan fingerprint density at radius 1 is 1.22 bits per heavy atom. The van der Waals surface area contributed by atoms with E-state index in [1.807, 2.05) is 12.1 Å². The van der Waals surface area contributed by atoms with E-state index in [-0.39, 0.29) is 12.4 Å². The summed E-state index contributed by atoms with van der Waals surface area (Å²) in [6, 6.07) is 10.4. The number of hydrogen-bond acceptors (Lipinski definition) is 4. The lowest BCUT2D eigenvalue weighted by Crippen LogP contribution is -1.96. The first-order chi connectivity index (χ1) is 8.57. The molecule has 0 aliphatic rings. The summed E-state index contributed by atoms with van der Waals surface area (Å²) in [5, 5.41) is 10.7. The summed E-state index contributed by atoms with van der Waals surface area (Å²) in [6.07, 6.45) is 0. The lowest BCUT2D eigenvalue weighted by Gasteiger charge is -2.14. The third-order valence-electron chi connectivity index (χ3n) is 2.57. The van der Waals surface area contributed by atoms with Gasteiger partial charge >= 0.3 is 7.82 Å². The minimum absolute atomic E-state index is 0.180. The normalized spacial score (nSPS) is 14.4. The second-order valence-corrected chi connectivity index (χ2v) is 5.16. The summed E-state index contributed by atoms with van der Waals surface area (Å²) in [5.74, 6) is 0.213. The van der Waals surface area contributed by atoms with Crippen molar-refractivity contribution in [1.82, 2.24) is 0 Å². The molecule has 18 heavy (non-hydrogen) atoms. The van der Waals surface area contributed by atoms with E-state index in [2.05, 4.69) is 4.52 Å². The van der Waals surface area contributed by atoms with Crippen LogP contribution < -0.4 is 4.52 Å². The van der Waals surface area contributed by atoms with Gasteiger partial charge in [0.15, 0.2) is 0 Å². The smallest absolute Gasteiger partial charge is 0.403 e. The van der Waals surface area contributed by atoms with Gasteiger partial charge in [0, 0.05) is 12.5 Å². The molecule has 0 fully saturated rings. The molecule has 1 atom stereocenters. The molecular weight excluding hydrogens is 255 g/mol. The van der Waals surface area contributed by atoms with Gasteiger partial charge in [-0.1, -0.05) is 30.3 Å². The van der Waals surface area contributed by atoms with Gasteiger partial charge in [-0.3, -0.25) is 9.42 Å². The van der Waals surface area contributed by atoms with Crippen LogP contribution in [0.4, 0.5) is 0 Å². The van der Waals surface area contributed by atoms with Gasteiger partial charge in [-0.15, -0.1) is 0 Å². The Kier molecular flexibility index (Phi) is 3.68. The average molecular weight is 268 g/mol. The van der Waals surface area contributed by atoms with Crippen LogP contribution in [0.15, 0.2) is 36.4 Å². The molecule has 0 radical (unpaired) electrons. The van der Waals surface area contributed by atoms with Crippen LogP contribution in [0.1, 0.15) is 5.56 Å².